The Kier molecular flexibility index (Phi) is 6.58. The minimum atomic E-state index is -0.161. The summed E-state index contributed by atoms with van der Waals surface area (Å²) in [6.07, 6.45) is 0.235. The Morgan fingerprint density at radius 3 is 2.21 bits per heavy atom. The maximum Gasteiger partial charge on any atom is 0.251 e. The first-order valence-corrected chi connectivity index (χ1v) is 9.38. The van der Waals surface area contributed by atoms with E-state index in [4.69, 9.17) is 0 Å². The molecular weight excluding hydrogens is 348 g/mol. The van der Waals surface area contributed by atoms with Gasteiger partial charge in [0.1, 0.15) is 0 Å². The molecule has 142 valence electrons. The minimum Gasteiger partial charge on any atom is -0.352 e. The lowest BCUT2D eigenvalue weighted by Gasteiger charge is -2.23. The molecule has 3 rings (SSSR count). The van der Waals surface area contributed by atoms with Gasteiger partial charge in [-0.2, -0.15) is 0 Å². The van der Waals surface area contributed by atoms with Gasteiger partial charge in [0.25, 0.3) is 5.91 Å². The Balaban J connectivity index is 1.63. The summed E-state index contributed by atoms with van der Waals surface area (Å²) in [7, 11) is 0. The predicted octanol–water partition coefficient (Wildman–Crippen LogP) is 4.35. The molecule has 4 heteroatoms. The molecule has 0 aliphatic heterocycles. The highest BCUT2D eigenvalue weighted by Gasteiger charge is 2.16. The van der Waals surface area contributed by atoms with E-state index in [2.05, 4.69) is 5.32 Å². The van der Waals surface area contributed by atoms with E-state index in [0.717, 1.165) is 16.8 Å². The highest BCUT2D eigenvalue weighted by Crippen LogP contribution is 2.18. The Bertz CT molecular complexity index is 924. The standard InChI is InChI=1S/C24H24N2O2/c1-19-9-8-12-21(17-19)24(28)25-16-15-23(27)26(22-13-6-3-7-14-22)18-20-10-4-2-5-11-20/h2-14,17H,15-16,18H2,1H3,(H,25,28). The lowest BCUT2D eigenvalue weighted by atomic mass is 10.1. The van der Waals surface area contributed by atoms with Crippen LogP contribution in [-0.4, -0.2) is 18.4 Å². The van der Waals surface area contributed by atoms with Crippen molar-refractivity contribution in [2.24, 2.45) is 0 Å². The summed E-state index contributed by atoms with van der Waals surface area (Å²) in [5.74, 6) is -0.189. The number of para-hydroxylation sites is 1. The quantitative estimate of drug-likeness (QED) is 0.670. The van der Waals surface area contributed by atoms with Crippen LogP contribution in [-0.2, 0) is 11.3 Å². The average molecular weight is 372 g/mol. The van der Waals surface area contributed by atoms with Crippen LogP contribution in [0.25, 0.3) is 0 Å². The molecule has 3 aromatic rings. The van der Waals surface area contributed by atoms with Crippen molar-refractivity contribution in [2.45, 2.75) is 19.9 Å². The number of hydrogen-bond acceptors (Lipinski definition) is 2. The van der Waals surface area contributed by atoms with E-state index in [9.17, 15) is 9.59 Å². The number of aryl methyl sites for hydroxylation is 1. The summed E-state index contributed by atoms with van der Waals surface area (Å²) in [4.78, 5) is 26.9. The second kappa shape index (κ2) is 9.51. The third-order valence-electron chi connectivity index (χ3n) is 4.46. The Morgan fingerprint density at radius 1 is 0.857 bits per heavy atom. The predicted molar refractivity (Wildman–Crippen MR) is 112 cm³/mol. The second-order valence-electron chi connectivity index (χ2n) is 6.68. The SMILES string of the molecule is Cc1cccc(C(=O)NCCC(=O)N(Cc2ccccc2)c2ccccc2)c1. The van der Waals surface area contributed by atoms with Crippen LogP contribution in [0, 0.1) is 6.92 Å². The van der Waals surface area contributed by atoms with Gasteiger partial charge in [0.15, 0.2) is 0 Å². The molecule has 0 radical (unpaired) electrons. The van der Waals surface area contributed by atoms with Crippen LogP contribution in [0.2, 0.25) is 0 Å². The van der Waals surface area contributed by atoms with Crippen LogP contribution in [0.15, 0.2) is 84.9 Å². The number of carbonyl (C=O) groups excluding carboxylic acids is 2. The Labute approximate surface area is 165 Å². The number of amides is 2. The first kappa shape index (κ1) is 19.4. The number of carbonyl (C=O) groups is 2. The van der Waals surface area contributed by atoms with Crippen LogP contribution in [0.1, 0.15) is 27.9 Å². The zero-order chi connectivity index (χ0) is 19.8. The van der Waals surface area contributed by atoms with Gasteiger partial charge < -0.3 is 10.2 Å². The molecule has 0 atom stereocenters. The number of rotatable bonds is 7. The first-order valence-electron chi connectivity index (χ1n) is 9.38. The van der Waals surface area contributed by atoms with Crippen molar-refractivity contribution in [2.75, 3.05) is 11.4 Å². The van der Waals surface area contributed by atoms with Crippen LogP contribution < -0.4 is 10.2 Å². The summed E-state index contributed by atoms with van der Waals surface area (Å²) >= 11 is 0. The third kappa shape index (κ3) is 5.30. The largest absolute Gasteiger partial charge is 0.352 e. The summed E-state index contributed by atoms with van der Waals surface area (Å²) in [5, 5.41) is 2.84. The first-order chi connectivity index (χ1) is 13.6. The van der Waals surface area contributed by atoms with E-state index in [1.807, 2.05) is 85.8 Å². The van der Waals surface area contributed by atoms with E-state index in [1.165, 1.54) is 0 Å². The van der Waals surface area contributed by atoms with Crippen molar-refractivity contribution < 1.29 is 9.59 Å². The summed E-state index contributed by atoms with van der Waals surface area (Å²) in [6, 6.07) is 26.9. The lowest BCUT2D eigenvalue weighted by molar-refractivity contribution is -0.118. The molecule has 0 aromatic heterocycles. The van der Waals surface area contributed by atoms with Crippen molar-refractivity contribution in [3.63, 3.8) is 0 Å². The molecule has 1 N–H and O–H groups in total. The van der Waals surface area contributed by atoms with E-state index < -0.39 is 0 Å². The number of nitrogens with zero attached hydrogens (tertiary/aromatic N) is 1. The van der Waals surface area contributed by atoms with Crippen molar-refractivity contribution >= 4 is 17.5 Å². The van der Waals surface area contributed by atoms with Gasteiger partial charge in [0, 0.05) is 24.2 Å². The molecule has 0 fully saturated rings. The van der Waals surface area contributed by atoms with Gasteiger partial charge in [-0.05, 0) is 36.8 Å². The summed E-state index contributed by atoms with van der Waals surface area (Å²) in [5.41, 5.74) is 3.54. The molecule has 0 aliphatic carbocycles. The van der Waals surface area contributed by atoms with Crippen LogP contribution in [0.4, 0.5) is 5.69 Å². The second-order valence-corrected chi connectivity index (χ2v) is 6.68. The summed E-state index contributed by atoms with van der Waals surface area (Å²) in [6.45, 7) is 2.74. The van der Waals surface area contributed by atoms with Gasteiger partial charge in [-0.1, -0.05) is 66.2 Å². The van der Waals surface area contributed by atoms with Gasteiger partial charge in [0.05, 0.1) is 6.54 Å². The van der Waals surface area contributed by atoms with Crippen molar-refractivity contribution in [3.8, 4) is 0 Å². The van der Waals surface area contributed by atoms with Crippen LogP contribution in [0.3, 0.4) is 0 Å². The fourth-order valence-corrected chi connectivity index (χ4v) is 3.00. The summed E-state index contributed by atoms with van der Waals surface area (Å²) < 4.78 is 0. The fourth-order valence-electron chi connectivity index (χ4n) is 3.00. The zero-order valence-electron chi connectivity index (χ0n) is 16.0. The van der Waals surface area contributed by atoms with Gasteiger partial charge in [-0.3, -0.25) is 9.59 Å². The van der Waals surface area contributed by atoms with Gasteiger partial charge >= 0.3 is 0 Å². The van der Waals surface area contributed by atoms with E-state index >= 15 is 0 Å². The number of anilines is 1. The number of nitrogens with one attached hydrogen (secondary N) is 1. The van der Waals surface area contributed by atoms with E-state index in [-0.39, 0.29) is 18.2 Å². The smallest absolute Gasteiger partial charge is 0.251 e. The van der Waals surface area contributed by atoms with Crippen LogP contribution >= 0.6 is 0 Å². The molecule has 0 saturated carbocycles. The monoisotopic (exact) mass is 372 g/mol. The normalized spacial score (nSPS) is 10.3. The molecule has 0 unspecified atom stereocenters. The maximum atomic E-state index is 12.9. The fraction of sp³-hybridized carbons (Fsp3) is 0.167. The topological polar surface area (TPSA) is 49.4 Å². The third-order valence-corrected chi connectivity index (χ3v) is 4.46. The van der Waals surface area contributed by atoms with E-state index in [0.29, 0.717) is 18.7 Å². The lowest BCUT2D eigenvalue weighted by Crippen LogP contribution is -2.34. The molecule has 0 spiro atoms. The van der Waals surface area contributed by atoms with Crippen LogP contribution in [0.5, 0.6) is 0 Å². The molecule has 2 amide bonds. The molecule has 0 saturated heterocycles. The van der Waals surface area contributed by atoms with Gasteiger partial charge in [-0.25, -0.2) is 0 Å². The number of hydrogen-bond donors (Lipinski definition) is 1. The van der Waals surface area contributed by atoms with Crippen molar-refractivity contribution in [3.05, 3.63) is 102 Å². The highest BCUT2D eigenvalue weighted by atomic mass is 16.2. The van der Waals surface area contributed by atoms with Gasteiger partial charge in [0.2, 0.25) is 5.91 Å². The minimum absolute atomic E-state index is 0.0282. The molecule has 3 aromatic carbocycles. The van der Waals surface area contributed by atoms with Crippen molar-refractivity contribution in [1.82, 2.24) is 5.32 Å². The molecule has 0 bridgehead atoms. The molecule has 4 nitrogen and oxygen atoms in total. The average Bonchev–Trinajstić information content (AvgIpc) is 2.73. The zero-order valence-corrected chi connectivity index (χ0v) is 16.0. The van der Waals surface area contributed by atoms with E-state index in [1.54, 1.807) is 11.0 Å². The number of benzene rings is 3. The highest BCUT2D eigenvalue weighted by molar-refractivity contribution is 5.96. The maximum absolute atomic E-state index is 12.9. The molecule has 28 heavy (non-hydrogen) atoms. The van der Waals surface area contributed by atoms with Crippen molar-refractivity contribution in [1.29, 1.82) is 0 Å². The molecule has 0 aliphatic rings. The molecule has 0 heterocycles. The Morgan fingerprint density at radius 2 is 1.54 bits per heavy atom. The van der Waals surface area contributed by atoms with Gasteiger partial charge in [-0.15, -0.1) is 0 Å². The molecular formula is C24H24N2O2. The Hall–Kier alpha value is -3.40.